The molecule has 0 aliphatic rings. The molecule has 3 rings (SSSR count). The molecule has 106 valence electrons. The third-order valence-electron chi connectivity index (χ3n) is 3.11. The molecular weight excluding hydrogens is 272 g/mol. The van der Waals surface area contributed by atoms with Gasteiger partial charge < -0.3 is 5.32 Å². The number of hydrogen-bond acceptors (Lipinski definition) is 3. The van der Waals surface area contributed by atoms with Gasteiger partial charge in [-0.3, -0.25) is 0 Å². The Hall–Kier alpha value is -2.56. The van der Waals surface area contributed by atoms with Gasteiger partial charge >= 0.3 is 0 Å². The van der Waals surface area contributed by atoms with Gasteiger partial charge in [0.15, 0.2) is 5.82 Å². The molecule has 0 spiro atoms. The number of benzene rings is 2. The molecule has 0 aliphatic heterocycles. The van der Waals surface area contributed by atoms with E-state index in [4.69, 9.17) is 0 Å². The number of fused-ring (bicyclic) bond motifs is 1. The van der Waals surface area contributed by atoms with E-state index in [9.17, 15) is 8.78 Å². The van der Waals surface area contributed by atoms with Crippen molar-refractivity contribution in [1.29, 1.82) is 0 Å². The second-order valence-electron chi connectivity index (χ2n) is 4.59. The van der Waals surface area contributed by atoms with Crippen molar-refractivity contribution in [3.8, 4) is 11.4 Å². The Labute approximate surface area is 120 Å². The van der Waals surface area contributed by atoms with Gasteiger partial charge in [0.2, 0.25) is 0 Å². The average molecular weight is 285 g/mol. The lowest BCUT2D eigenvalue weighted by Crippen LogP contribution is -2.03. The molecule has 1 N–H and O–H groups in total. The maximum Gasteiger partial charge on any atom is 0.162 e. The van der Waals surface area contributed by atoms with Gasteiger partial charge in [-0.1, -0.05) is 0 Å². The Kier molecular flexibility index (Phi) is 3.48. The molecule has 3 nitrogen and oxygen atoms in total. The molecular formula is C16H13F2N3. The van der Waals surface area contributed by atoms with Crippen molar-refractivity contribution in [2.24, 2.45) is 0 Å². The summed E-state index contributed by atoms with van der Waals surface area (Å²) in [5.74, 6) is 0.400. The highest BCUT2D eigenvalue weighted by Crippen LogP contribution is 2.25. The minimum Gasteiger partial charge on any atom is -0.370 e. The number of rotatable bonds is 3. The van der Waals surface area contributed by atoms with E-state index in [-0.39, 0.29) is 11.6 Å². The quantitative estimate of drug-likeness (QED) is 0.790. The maximum atomic E-state index is 13.4. The van der Waals surface area contributed by atoms with Gasteiger partial charge in [0, 0.05) is 23.6 Å². The van der Waals surface area contributed by atoms with Crippen LogP contribution in [0, 0.1) is 11.6 Å². The zero-order chi connectivity index (χ0) is 14.8. The van der Waals surface area contributed by atoms with Gasteiger partial charge in [0.1, 0.15) is 17.5 Å². The lowest BCUT2D eigenvalue weighted by molar-refractivity contribution is 0.628. The molecule has 3 aromatic rings. The Morgan fingerprint density at radius 1 is 0.952 bits per heavy atom. The van der Waals surface area contributed by atoms with Gasteiger partial charge in [0.25, 0.3) is 0 Å². The van der Waals surface area contributed by atoms with Crippen molar-refractivity contribution in [3.63, 3.8) is 0 Å². The lowest BCUT2D eigenvalue weighted by Gasteiger charge is -2.09. The number of aromatic nitrogens is 2. The van der Waals surface area contributed by atoms with Crippen molar-refractivity contribution < 1.29 is 8.78 Å². The van der Waals surface area contributed by atoms with E-state index < -0.39 is 0 Å². The Morgan fingerprint density at radius 3 is 2.38 bits per heavy atom. The van der Waals surface area contributed by atoms with Crippen LogP contribution in [0.5, 0.6) is 0 Å². The number of nitrogens with one attached hydrogen (secondary N) is 1. The average Bonchev–Trinajstić information content (AvgIpc) is 2.47. The van der Waals surface area contributed by atoms with Crippen LogP contribution in [0.2, 0.25) is 0 Å². The third-order valence-corrected chi connectivity index (χ3v) is 3.11. The van der Waals surface area contributed by atoms with E-state index in [0.29, 0.717) is 29.3 Å². The molecule has 5 heteroatoms. The predicted molar refractivity (Wildman–Crippen MR) is 79.1 cm³/mol. The summed E-state index contributed by atoms with van der Waals surface area (Å²) in [5.41, 5.74) is 1.20. The largest absolute Gasteiger partial charge is 0.370 e. The standard InChI is InChI=1S/C16H13F2N3/c1-2-19-16-13-8-7-12(18)9-14(13)20-15(21-16)10-3-5-11(17)6-4-10/h3-9H,2H2,1H3,(H,19,20,21). The van der Waals surface area contributed by atoms with Crippen LogP contribution in [-0.2, 0) is 0 Å². The van der Waals surface area contributed by atoms with Crippen LogP contribution in [0.4, 0.5) is 14.6 Å². The normalized spacial score (nSPS) is 10.8. The first-order valence-corrected chi connectivity index (χ1v) is 6.64. The summed E-state index contributed by atoms with van der Waals surface area (Å²) in [6.07, 6.45) is 0. The van der Waals surface area contributed by atoms with Crippen LogP contribution >= 0.6 is 0 Å². The number of anilines is 1. The van der Waals surface area contributed by atoms with Crippen LogP contribution in [0.1, 0.15) is 6.92 Å². The lowest BCUT2D eigenvalue weighted by atomic mass is 10.1. The number of hydrogen-bond donors (Lipinski definition) is 1. The number of halogens is 2. The van der Waals surface area contributed by atoms with E-state index >= 15 is 0 Å². The molecule has 21 heavy (non-hydrogen) atoms. The SMILES string of the molecule is CCNc1nc(-c2ccc(F)cc2)nc2cc(F)ccc12. The summed E-state index contributed by atoms with van der Waals surface area (Å²) in [6, 6.07) is 10.3. The highest BCUT2D eigenvalue weighted by atomic mass is 19.1. The summed E-state index contributed by atoms with van der Waals surface area (Å²) in [6.45, 7) is 2.64. The van der Waals surface area contributed by atoms with E-state index in [2.05, 4.69) is 15.3 Å². The predicted octanol–water partition coefficient (Wildman–Crippen LogP) is 4.01. The van der Waals surface area contributed by atoms with Gasteiger partial charge in [-0.25, -0.2) is 18.7 Å². The highest BCUT2D eigenvalue weighted by Gasteiger charge is 2.10. The summed E-state index contributed by atoms with van der Waals surface area (Å²) in [5, 5.41) is 3.90. The van der Waals surface area contributed by atoms with Crippen LogP contribution < -0.4 is 5.32 Å². The fraction of sp³-hybridized carbons (Fsp3) is 0.125. The summed E-state index contributed by atoms with van der Waals surface area (Å²) in [7, 11) is 0. The first-order chi connectivity index (χ1) is 10.2. The van der Waals surface area contributed by atoms with Crippen molar-refractivity contribution >= 4 is 16.7 Å². The minimum atomic E-state index is -0.353. The summed E-state index contributed by atoms with van der Waals surface area (Å²) < 4.78 is 26.4. The van der Waals surface area contributed by atoms with Crippen LogP contribution in [-0.4, -0.2) is 16.5 Å². The van der Waals surface area contributed by atoms with Crippen LogP contribution in [0.3, 0.4) is 0 Å². The van der Waals surface area contributed by atoms with Gasteiger partial charge in [-0.2, -0.15) is 0 Å². The zero-order valence-corrected chi connectivity index (χ0v) is 11.4. The molecule has 2 aromatic carbocycles. The molecule has 0 saturated heterocycles. The van der Waals surface area contributed by atoms with E-state index in [1.54, 1.807) is 18.2 Å². The smallest absolute Gasteiger partial charge is 0.162 e. The van der Waals surface area contributed by atoms with Crippen molar-refractivity contribution in [3.05, 3.63) is 54.1 Å². The molecule has 0 amide bonds. The second kappa shape index (κ2) is 5.44. The Morgan fingerprint density at radius 2 is 1.67 bits per heavy atom. The molecule has 0 bridgehead atoms. The van der Waals surface area contributed by atoms with Crippen molar-refractivity contribution in [2.45, 2.75) is 6.92 Å². The Bertz CT molecular complexity index is 785. The van der Waals surface area contributed by atoms with E-state index in [0.717, 1.165) is 5.39 Å². The van der Waals surface area contributed by atoms with Crippen molar-refractivity contribution in [1.82, 2.24) is 9.97 Å². The minimum absolute atomic E-state index is 0.322. The monoisotopic (exact) mass is 285 g/mol. The van der Waals surface area contributed by atoms with Crippen LogP contribution in [0.25, 0.3) is 22.3 Å². The molecule has 0 radical (unpaired) electrons. The first-order valence-electron chi connectivity index (χ1n) is 6.64. The maximum absolute atomic E-state index is 13.4. The number of nitrogens with zero attached hydrogens (tertiary/aromatic N) is 2. The van der Waals surface area contributed by atoms with Gasteiger partial charge in [-0.15, -0.1) is 0 Å². The molecule has 0 atom stereocenters. The first kappa shape index (κ1) is 13.4. The Balaban J connectivity index is 2.21. The van der Waals surface area contributed by atoms with Crippen LogP contribution in [0.15, 0.2) is 42.5 Å². The van der Waals surface area contributed by atoms with Gasteiger partial charge in [-0.05, 0) is 43.3 Å². The molecule has 0 aliphatic carbocycles. The van der Waals surface area contributed by atoms with Gasteiger partial charge in [0.05, 0.1) is 5.52 Å². The third kappa shape index (κ3) is 2.67. The molecule has 0 fully saturated rings. The molecule has 1 aromatic heterocycles. The topological polar surface area (TPSA) is 37.8 Å². The summed E-state index contributed by atoms with van der Waals surface area (Å²) >= 11 is 0. The highest BCUT2D eigenvalue weighted by molar-refractivity contribution is 5.90. The molecule has 0 unspecified atom stereocenters. The second-order valence-corrected chi connectivity index (χ2v) is 4.59. The zero-order valence-electron chi connectivity index (χ0n) is 11.4. The summed E-state index contributed by atoms with van der Waals surface area (Å²) in [4.78, 5) is 8.82. The molecule has 1 heterocycles. The van der Waals surface area contributed by atoms with E-state index in [1.807, 2.05) is 6.92 Å². The molecule has 0 saturated carbocycles. The fourth-order valence-corrected chi connectivity index (χ4v) is 2.13. The van der Waals surface area contributed by atoms with Crippen molar-refractivity contribution in [2.75, 3.05) is 11.9 Å². The fourth-order valence-electron chi connectivity index (χ4n) is 2.13. The van der Waals surface area contributed by atoms with E-state index in [1.165, 1.54) is 24.3 Å².